The summed E-state index contributed by atoms with van der Waals surface area (Å²) in [6, 6.07) is 3.79. The van der Waals surface area contributed by atoms with Crippen molar-refractivity contribution in [2.75, 3.05) is 13.1 Å². The van der Waals surface area contributed by atoms with Crippen molar-refractivity contribution in [1.82, 2.24) is 4.31 Å². The number of rotatable bonds is 2. The first kappa shape index (κ1) is 12.6. The van der Waals surface area contributed by atoms with Gasteiger partial charge >= 0.3 is 0 Å². The van der Waals surface area contributed by atoms with Crippen LogP contribution < -0.4 is 0 Å². The Balaban J connectivity index is 2.13. The zero-order valence-corrected chi connectivity index (χ0v) is 9.88. The number of piperidine rings is 1. The number of nitrogens with zero attached hydrogens (tertiary/aromatic N) is 1. The lowest BCUT2D eigenvalue weighted by Gasteiger charge is -2.33. The quantitative estimate of drug-likeness (QED) is 0.763. The second-order valence-electron chi connectivity index (χ2n) is 4.06. The van der Waals surface area contributed by atoms with E-state index in [0.717, 1.165) is 0 Å². The maximum absolute atomic E-state index is 13.5. The van der Waals surface area contributed by atoms with Crippen LogP contribution in [0.3, 0.4) is 0 Å². The van der Waals surface area contributed by atoms with Gasteiger partial charge in [0, 0.05) is 29.9 Å². The van der Waals surface area contributed by atoms with Crippen LogP contribution in [-0.2, 0) is 11.3 Å². The average Bonchev–Trinajstić information content (AvgIpc) is 2.29. The van der Waals surface area contributed by atoms with E-state index in [1.165, 1.54) is 22.5 Å². The van der Waals surface area contributed by atoms with E-state index in [1.54, 1.807) is 0 Å². The van der Waals surface area contributed by atoms with Crippen LogP contribution in [0.1, 0.15) is 24.3 Å². The van der Waals surface area contributed by atoms with Crippen molar-refractivity contribution in [1.29, 1.82) is 0 Å². The molecule has 0 amide bonds. The minimum atomic E-state index is -2.24. The smallest absolute Gasteiger partial charge is 0.129 e. The number of halogens is 2. The summed E-state index contributed by atoms with van der Waals surface area (Å²) >= 11 is -2.24. The van der Waals surface area contributed by atoms with Gasteiger partial charge < -0.3 is 4.55 Å². The Morgan fingerprint density at radius 3 is 2.24 bits per heavy atom. The Morgan fingerprint density at radius 2 is 1.76 bits per heavy atom. The molecule has 1 aliphatic rings. The van der Waals surface area contributed by atoms with Crippen molar-refractivity contribution in [2.45, 2.75) is 18.8 Å². The van der Waals surface area contributed by atoms with Crippen molar-refractivity contribution in [2.24, 2.45) is 0 Å². The van der Waals surface area contributed by atoms with Crippen LogP contribution in [0.15, 0.2) is 18.2 Å². The first-order valence-electron chi connectivity index (χ1n) is 5.38. The lowest BCUT2D eigenvalue weighted by atomic mass is 9.89. The van der Waals surface area contributed by atoms with Crippen molar-refractivity contribution in [3.8, 4) is 0 Å². The maximum Gasteiger partial charge on any atom is 0.129 e. The Morgan fingerprint density at radius 1 is 1.24 bits per heavy atom. The molecule has 94 valence electrons. The highest BCUT2D eigenvalue weighted by Crippen LogP contribution is 2.31. The van der Waals surface area contributed by atoms with Crippen LogP contribution in [0, 0.1) is 11.6 Å². The highest BCUT2D eigenvalue weighted by molar-refractivity contribution is 7.76. The third kappa shape index (κ3) is 2.70. The van der Waals surface area contributed by atoms with Crippen LogP contribution in [-0.4, -0.2) is 26.2 Å². The predicted molar refractivity (Wildman–Crippen MR) is 58.8 cm³/mol. The molecule has 0 radical (unpaired) electrons. The Labute approximate surface area is 101 Å². The highest BCUT2D eigenvalue weighted by Gasteiger charge is 2.25. The summed E-state index contributed by atoms with van der Waals surface area (Å²) in [6.45, 7) is 0.628. The summed E-state index contributed by atoms with van der Waals surface area (Å²) < 4.78 is 49.7. The van der Waals surface area contributed by atoms with Crippen molar-refractivity contribution in [3.05, 3.63) is 35.4 Å². The van der Waals surface area contributed by atoms with Gasteiger partial charge in [-0.25, -0.2) is 13.1 Å². The van der Waals surface area contributed by atoms with Crippen LogP contribution in [0.5, 0.6) is 0 Å². The van der Waals surface area contributed by atoms with Crippen molar-refractivity contribution in [3.63, 3.8) is 0 Å². The molecule has 2 rings (SSSR count). The molecule has 1 saturated heterocycles. The monoisotopic (exact) mass is 260 g/mol. The van der Waals surface area contributed by atoms with Gasteiger partial charge in [0.05, 0.1) is 0 Å². The summed E-state index contributed by atoms with van der Waals surface area (Å²) in [4.78, 5) is 0. The third-order valence-electron chi connectivity index (χ3n) is 3.07. The summed E-state index contributed by atoms with van der Waals surface area (Å²) in [5, 5.41) is 0. The molecule has 1 heterocycles. The summed E-state index contributed by atoms with van der Waals surface area (Å²) in [5.74, 6) is -1.34. The van der Waals surface area contributed by atoms with Gasteiger partial charge in [-0.2, -0.15) is 0 Å². The van der Waals surface area contributed by atoms with E-state index >= 15 is 0 Å². The number of benzene rings is 1. The molecule has 0 saturated carbocycles. The molecule has 0 aromatic heterocycles. The van der Waals surface area contributed by atoms with Crippen molar-refractivity contribution >= 4 is 11.3 Å². The lowest BCUT2D eigenvalue weighted by molar-refractivity contribution is 0.302. The molecule has 0 bridgehead atoms. The molecule has 3 nitrogen and oxygen atoms in total. The number of hydrogen-bond acceptors (Lipinski definition) is 2. The first-order chi connectivity index (χ1) is 8.09. The molecule has 0 spiro atoms. The third-order valence-corrected chi connectivity index (χ3v) is 3.86. The molecular weight excluding hydrogens is 248 g/mol. The molecule has 0 N–H and O–H groups in total. The fraction of sp³-hybridized carbons (Fsp3) is 0.455. The molecule has 6 heteroatoms. The van der Waals surface area contributed by atoms with Gasteiger partial charge in [0.15, 0.2) is 0 Å². The summed E-state index contributed by atoms with van der Waals surface area (Å²) in [6.07, 6.45) is 0.900. The lowest BCUT2D eigenvalue weighted by Crippen LogP contribution is -2.34. The second-order valence-corrected chi connectivity index (χ2v) is 5.01. The Kier molecular flexibility index (Phi) is 3.86. The van der Waals surface area contributed by atoms with Crippen LogP contribution in [0.25, 0.3) is 0 Å². The molecule has 1 unspecified atom stereocenters. The minimum absolute atomic E-state index is 0.0869. The topological polar surface area (TPSA) is 43.4 Å². The van der Waals surface area contributed by atoms with Gasteiger partial charge in [-0.15, -0.1) is 0 Å². The molecule has 1 aromatic carbocycles. The first-order valence-corrected chi connectivity index (χ1v) is 6.41. The minimum Gasteiger partial charge on any atom is -0.760 e. The van der Waals surface area contributed by atoms with E-state index in [1.807, 2.05) is 0 Å². The standard InChI is InChI=1S/C11H13F2NO2S/c12-9-2-1-3-10(13)11(9)8-4-6-14(7-5-8)17(15)16/h1-3,8H,4-7H2,(H,15,16)/p-1. The van der Waals surface area contributed by atoms with E-state index in [4.69, 9.17) is 0 Å². The fourth-order valence-electron chi connectivity index (χ4n) is 2.19. The van der Waals surface area contributed by atoms with E-state index in [2.05, 4.69) is 0 Å². The largest absolute Gasteiger partial charge is 0.760 e. The van der Waals surface area contributed by atoms with E-state index < -0.39 is 22.9 Å². The SMILES string of the molecule is O=S([O-])N1CCC(c2c(F)cccc2F)CC1. The molecular formula is C11H12F2NO2S-. The van der Waals surface area contributed by atoms with E-state index in [0.29, 0.717) is 25.9 Å². The summed E-state index contributed by atoms with van der Waals surface area (Å²) in [7, 11) is 0. The van der Waals surface area contributed by atoms with Gasteiger partial charge in [-0.1, -0.05) is 6.07 Å². The fourth-order valence-corrected chi connectivity index (χ4v) is 2.70. The van der Waals surface area contributed by atoms with E-state index in [9.17, 15) is 17.5 Å². The highest BCUT2D eigenvalue weighted by atomic mass is 32.2. The molecule has 1 aromatic rings. The molecule has 1 atom stereocenters. The maximum atomic E-state index is 13.5. The van der Waals surface area contributed by atoms with Crippen LogP contribution in [0.2, 0.25) is 0 Å². The Bertz CT molecular complexity index is 413. The normalized spacial score (nSPS) is 20.4. The van der Waals surface area contributed by atoms with Crippen LogP contribution >= 0.6 is 0 Å². The molecule has 1 aliphatic heterocycles. The van der Waals surface area contributed by atoms with Gasteiger partial charge in [-0.3, -0.25) is 4.21 Å². The molecule has 17 heavy (non-hydrogen) atoms. The zero-order valence-electron chi connectivity index (χ0n) is 9.07. The van der Waals surface area contributed by atoms with E-state index in [-0.39, 0.29) is 11.5 Å². The zero-order chi connectivity index (χ0) is 12.4. The average molecular weight is 260 g/mol. The Hall–Kier alpha value is -0.850. The summed E-state index contributed by atoms with van der Waals surface area (Å²) in [5.41, 5.74) is 0.0869. The van der Waals surface area contributed by atoms with Gasteiger partial charge in [0.2, 0.25) is 0 Å². The van der Waals surface area contributed by atoms with Gasteiger partial charge in [0.1, 0.15) is 11.6 Å². The number of hydrogen-bond donors (Lipinski definition) is 0. The van der Waals surface area contributed by atoms with Gasteiger partial charge in [0.25, 0.3) is 0 Å². The van der Waals surface area contributed by atoms with Crippen LogP contribution in [0.4, 0.5) is 8.78 Å². The second kappa shape index (κ2) is 5.20. The van der Waals surface area contributed by atoms with Gasteiger partial charge in [-0.05, 0) is 30.9 Å². The predicted octanol–water partition coefficient (Wildman–Crippen LogP) is 1.94. The van der Waals surface area contributed by atoms with Crippen molar-refractivity contribution < 1.29 is 17.5 Å². The molecule has 1 fully saturated rings. The molecule has 0 aliphatic carbocycles.